The minimum absolute atomic E-state index is 0.0177. The number of hydrogen-bond acceptors (Lipinski definition) is 5. The molecule has 29 heavy (non-hydrogen) atoms. The lowest BCUT2D eigenvalue weighted by Gasteiger charge is -2.34. The molecule has 0 saturated carbocycles. The third kappa shape index (κ3) is 3.99. The van der Waals surface area contributed by atoms with Crippen LogP contribution in [0.25, 0.3) is 0 Å². The van der Waals surface area contributed by atoms with E-state index in [4.69, 9.17) is 4.74 Å². The number of aromatic nitrogens is 4. The number of piperidine rings is 1. The zero-order valence-electron chi connectivity index (χ0n) is 17.0. The van der Waals surface area contributed by atoms with Crippen LogP contribution in [0.3, 0.4) is 0 Å². The Hall–Kier alpha value is -3.22. The number of rotatable bonds is 4. The molecule has 1 aliphatic heterocycles. The lowest BCUT2D eigenvalue weighted by atomic mass is 10.00. The molecule has 1 amide bonds. The van der Waals surface area contributed by atoms with Gasteiger partial charge in [-0.15, -0.1) is 0 Å². The van der Waals surface area contributed by atoms with E-state index in [1.165, 1.54) is 0 Å². The van der Waals surface area contributed by atoms with E-state index in [1.807, 2.05) is 62.2 Å². The molecule has 150 valence electrons. The SMILES string of the molecule is Cc1cc(Oc2ccccc2)nc(C2CCCCN2C(=O)c2cnn(C)c2C)n1. The second kappa shape index (κ2) is 8.03. The van der Waals surface area contributed by atoms with Crippen molar-refractivity contribution in [3.8, 4) is 11.6 Å². The fraction of sp³-hybridized carbons (Fsp3) is 0.364. The fourth-order valence-corrected chi connectivity index (χ4v) is 3.68. The first-order valence-electron chi connectivity index (χ1n) is 9.91. The van der Waals surface area contributed by atoms with Gasteiger partial charge in [0.2, 0.25) is 5.88 Å². The standard InChI is InChI=1S/C22H25N5O2/c1-15-13-20(29-17-9-5-4-6-10-17)25-21(24-15)19-11-7-8-12-27(19)22(28)18-14-23-26(3)16(18)2/h4-6,9-10,13-14,19H,7-8,11-12H2,1-3H3. The first-order chi connectivity index (χ1) is 14.0. The Balaban J connectivity index is 1.64. The second-order valence-corrected chi connectivity index (χ2v) is 7.40. The smallest absolute Gasteiger partial charge is 0.257 e. The van der Waals surface area contributed by atoms with Gasteiger partial charge in [0.25, 0.3) is 5.91 Å². The van der Waals surface area contributed by atoms with Crippen molar-refractivity contribution in [1.29, 1.82) is 0 Å². The Labute approximate surface area is 170 Å². The number of hydrogen-bond donors (Lipinski definition) is 0. The van der Waals surface area contributed by atoms with Gasteiger partial charge in [-0.2, -0.15) is 10.1 Å². The van der Waals surface area contributed by atoms with E-state index in [1.54, 1.807) is 10.9 Å². The predicted octanol–water partition coefficient (Wildman–Crippen LogP) is 3.99. The van der Waals surface area contributed by atoms with Crippen molar-refractivity contribution in [2.75, 3.05) is 6.54 Å². The van der Waals surface area contributed by atoms with Gasteiger partial charge in [0, 0.05) is 31.0 Å². The van der Waals surface area contributed by atoms with Gasteiger partial charge >= 0.3 is 0 Å². The lowest BCUT2D eigenvalue weighted by Crippen LogP contribution is -2.39. The molecule has 3 aromatic rings. The van der Waals surface area contributed by atoms with Crippen LogP contribution < -0.4 is 4.74 Å². The summed E-state index contributed by atoms with van der Waals surface area (Å²) in [5, 5.41) is 4.22. The van der Waals surface area contributed by atoms with E-state index in [0.29, 0.717) is 23.8 Å². The number of amides is 1. The van der Waals surface area contributed by atoms with Crippen molar-refractivity contribution >= 4 is 5.91 Å². The van der Waals surface area contributed by atoms with Crippen LogP contribution in [0.15, 0.2) is 42.6 Å². The molecular formula is C22H25N5O2. The highest BCUT2D eigenvalue weighted by Gasteiger charge is 2.32. The summed E-state index contributed by atoms with van der Waals surface area (Å²) < 4.78 is 7.65. The van der Waals surface area contributed by atoms with Gasteiger partial charge in [0.15, 0.2) is 5.82 Å². The molecule has 0 bridgehead atoms. The van der Waals surface area contributed by atoms with Crippen LogP contribution in [0.2, 0.25) is 0 Å². The molecule has 1 fully saturated rings. The Morgan fingerprint density at radius 3 is 2.66 bits per heavy atom. The lowest BCUT2D eigenvalue weighted by molar-refractivity contribution is 0.0597. The van der Waals surface area contributed by atoms with E-state index >= 15 is 0 Å². The molecule has 1 aliphatic rings. The number of aryl methyl sites for hydroxylation is 2. The second-order valence-electron chi connectivity index (χ2n) is 7.40. The molecule has 1 aromatic carbocycles. The predicted molar refractivity (Wildman–Crippen MR) is 109 cm³/mol. The first-order valence-corrected chi connectivity index (χ1v) is 9.91. The number of carbonyl (C=O) groups excluding carboxylic acids is 1. The van der Waals surface area contributed by atoms with Gasteiger partial charge in [0.05, 0.1) is 17.8 Å². The van der Waals surface area contributed by atoms with Gasteiger partial charge in [-0.25, -0.2) is 4.98 Å². The molecular weight excluding hydrogens is 366 g/mol. The molecule has 1 unspecified atom stereocenters. The molecule has 0 spiro atoms. The Bertz CT molecular complexity index is 1020. The van der Waals surface area contributed by atoms with Crippen LogP contribution in [0, 0.1) is 13.8 Å². The summed E-state index contributed by atoms with van der Waals surface area (Å²) in [5.41, 5.74) is 2.31. The minimum atomic E-state index is -0.172. The van der Waals surface area contributed by atoms with E-state index < -0.39 is 0 Å². The normalized spacial score (nSPS) is 16.7. The number of carbonyl (C=O) groups is 1. The highest BCUT2D eigenvalue weighted by atomic mass is 16.5. The summed E-state index contributed by atoms with van der Waals surface area (Å²) in [5.74, 6) is 1.83. The summed E-state index contributed by atoms with van der Waals surface area (Å²) in [6.07, 6.45) is 4.48. The highest BCUT2D eigenvalue weighted by Crippen LogP contribution is 2.32. The Kier molecular flexibility index (Phi) is 5.29. The van der Waals surface area contributed by atoms with Gasteiger partial charge in [0.1, 0.15) is 5.75 Å². The zero-order chi connectivity index (χ0) is 20.4. The van der Waals surface area contributed by atoms with E-state index in [0.717, 1.165) is 36.4 Å². The Morgan fingerprint density at radius 1 is 1.14 bits per heavy atom. The number of nitrogens with zero attached hydrogens (tertiary/aromatic N) is 5. The van der Waals surface area contributed by atoms with Crippen molar-refractivity contribution in [1.82, 2.24) is 24.6 Å². The summed E-state index contributed by atoms with van der Waals surface area (Å²) in [6.45, 7) is 4.52. The van der Waals surface area contributed by atoms with Crippen LogP contribution in [-0.2, 0) is 7.05 Å². The Morgan fingerprint density at radius 2 is 1.93 bits per heavy atom. The number of likely N-dealkylation sites (tertiary alicyclic amines) is 1. The fourth-order valence-electron chi connectivity index (χ4n) is 3.68. The zero-order valence-corrected chi connectivity index (χ0v) is 17.0. The molecule has 0 aliphatic carbocycles. The topological polar surface area (TPSA) is 73.1 Å². The number of para-hydroxylation sites is 1. The van der Waals surface area contributed by atoms with E-state index in [9.17, 15) is 4.79 Å². The minimum Gasteiger partial charge on any atom is -0.439 e. The van der Waals surface area contributed by atoms with Crippen molar-refractivity contribution in [3.63, 3.8) is 0 Å². The molecule has 7 heteroatoms. The van der Waals surface area contributed by atoms with E-state index in [2.05, 4.69) is 15.1 Å². The summed E-state index contributed by atoms with van der Waals surface area (Å²) in [6, 6.07) is 11.2. The average molecular weight is 391 g/mol. The van der Waals surface area contributed by atoms with Crippen molar-refractivity contribution < 1.29 is 9.53 Å². The van der Waals surface area contributed by atoms with Gasteiger partial charge in [-0.1, -0.05) is 18.2 Å². The molecule has 1 saturated heterocycles. The van der Waals surface area contributed by atoms with Crippen molar-refractivity contribution in [2.24, 2.45) is 7.05 Å². The maximum absolute atomic E-state index is 13.3. The molecule has 3 heterocycles. The average Bonchev–Trinajstić information content (AvgIpc) is 3.06. The number of ether oxygens (including phenoxy) is 1. The summed E-state index contributed by atoms with van der Waals surface area (Å²) in [7, 11) is 1.84. The van der Waals surface area contributed by atoms with E-state index in [-0.39, 0.29) is 11.9 Å². The summed E-state index contributed by atoms with van der Waals surface area (Å²) >= 11 is 0. The molecule has 0 N–H and O–H groups in total. The molecule has 1 atom stereocenters. The molecule has 4 rings (SSSR count). The van der Waals surface area contributed by atoms with Crippen LogP contribution in [0.5, 0.6) is 11.6 Å². The van der Waals surface area contributed by atoms with Gasteiger partial charge in [-0.05, 0) is 45.2 Å². The van der Waals surface area contributed by atoms with Crippen molar-refractivity contribution in [2.45, 2.75) is 39.2 Å². The van der Waals surface area contributed by atoms with Gasteiger partial charge < -0.3 is 9.64 Å². The highest BCUT2D eigenvalue weighted by molar-refractivity contribution is 5.95. The third-order valence-corrected chi connectivity index (χ3v) is 5.34. The quantitative estimate of drug-likeness (QED) is 0.672. The summed E-state index contributed by atoms with van der Waals surface area (Å²) in [4.78, 5) is 24.5. The van der Waals surface area contributed by atoms with Gasteiger partial charge in [-0.3, -0.25) is 9.48 Å². The molecule has 7 nitrogen and oxygen atoms in total. The maximum Gasteiger partial charge on any atom is 0.257 e. The van der Waals surface area contributed by atoms with Crippen LogP contribution >= 0.6 is 0 Å². The van der Waals surface area contributed by atoms with Crippen molar-refractivity contribution in [3.05, 3.63) is 65.4 Å². The van der Waals surface area contributed by atoms with Crippen LogP contribution in [-0.4, -0.2) is 37.1 Å². The first kappa shape index (κ1) is 19.1. The number of benzene rings is 1. The maximum atomic E-state index is 13.3. The van der Waals surface area contributed by atoms with Crippen LogP contribution in [0.1, 0.15) is 52.9 Å². The largest absolute Gasteiger partial charge is 0.439 e. The molecule has 2 aromatic heterocycles. The van der Waals surface area contributed by atoms with Crippen LogP contribution in [0.4, 0.5) is 0 Å². The monoisotopic (exact) mass is 391 g/mol. The third-order valence-electron chi connectivity index (χ3n) is 5.34. The molecule has 0 radical (unpaired) electrons.